The Balaban J connectivity index is 1.95. The molecular weight excluding hydrogens is 284 g/mol. The molecule has 21 heavy (non-hydrogen) atoms. The highest BCUT2D eigenvalue weighted by Gasteiger charge is 2.03. The van der Waals surface area contributed by atoms with Crippen LogP contribution in [0.5, 0.6) is 5.75 Å². The highest BCUT2D eigenvalue weighted by molar-refractivity contribution is 6.34. The van der Waals surface area contributed by atoms with Crippen LogP contribution < -0.4 is 4.74 Å². The van der Waals surface area contributed by atoms with E-state index in [1.54, 1.807) is 7.11 Å². The Morgan fingerprint density at radius 3 is 2.71 bits per heavy atom. The number of benzene rings is 2. The maximum absolute atomic E-state index is 6.19. The topological polar surface area (TPSA) is 35.0 Å². The third-order valence-electron chi connectivity index (χ3n) is 3.09. The predicted molar refractivity (Wildman–Crippen MR) is 86.5 cm³/mol. The molecule has 1 heterocycles. The zero-order valence-electron chi connectivity index (χ0n) is 11.5. The number of hydrogen-bond acceptors (Lipinski definition) is 3. The van der Waals surface area contributed by atoms with Gasteiger partial charge in [0.25, 0.3) is 0 Å². The van der Waals surface area contributed by atoms with Crippen molar-refractivity contribution in [1.29, 1.82) is 0 Å². The highest BCUT2D eigenvalue weighted by Crippen LogP contribution is 2.21. The van der Waals surface area contributed by atoms with Gasteiger partial charge in [-0.3, -0.25) is 0 Å². The van der Waals surface area contributed by atoms with Crippen LogP contribution in [0, 0.1) is 0 Å². The fourth-order valence-corrected chi connectivity index (χ4v) is 2.29. The minimum atomic E-state index is 0.464. The van der Waals surface area contributed by atoms with Gasteiger partial charge in [-0.05, 0) is 35.9 Å². The zero-order chi connectivity index (χ0) is 14.7. The zero-order valence-corrected chi connectivity index (χ0v) is 12.2. The molecule has 104 valence electrons. The summed E-state index contributed by atoms with van der Waals surface area (Å²) in [6.45, 7) is 0. The number of para-hydroxylation sites is 1. The van der Waals surface area contributed by atoms with E-state index in [1.165, 1.54) is 0 Å². The van der Waals surface area contributed by atoms with Gasteiger partial charge >= 0.3 is 0 Å². The lowest BCUT2D eigenvalue weighted by Gasteiger charge is -2.02. The van der Waals surface area contributed by atoms with E-state index in [-0.39, 0.29) is 0 Å². The van der Waals surface area contributed by atoms with Gasteiger partial charge in [0.2, 0.25) is 0 Å². The van der Waals surface area contributed by atoms with Crippen molar-refractivity contribution >= 4 is 34.7 Å². The standard InChI is InChI=1S/C17H13ClN2O/c1-21-13-6-4-5-12(11-13)9-10-16-19-15-8-3-2-7-14(15)17(18)20-16/h2-11H,1H3/b10-9+. The first-order chi connectivity index (χ1) is 10.3. The third kappa shape index (κ3) is 3.03. The second kappa shape index (κ2) is 5.94. The average Bonchev–Trinajstić information content (AvgIpc) is 2.53. The quantitative estimate of drug-likeness (QED) is 0.669. The van der Waals surface area contributed by atoms with Crippen LogP contribution in [0.4, 0.5) is 0 Å². The molecule has 0 saturated carbocycles. The molecule has 1 aromatic heterocycles. The third-order valence-corrected chi connectivity index (χ3v) is 3.38. The van der Waals surface area contributed by atoms with Crippen LogP contribution in [-0.4, -0.2) is 17.1 Å². The Bertz CT molecular complexity index is 815. The van der Waals surface area contributed by atoms with E-state index in [0.717, 1.165) is 22.2 Å². The molecule has 4 heteroatoms. The van der Waals surface area contributed by atoms with Gasteiger partial charge in [0.15, 0.2) is 5.82 Å². The first-order valence-corrected chi connectivity index (χ1v) is 6.88. The molecule has 0 bridgehead atoms. The van der Waals surface area contributed by atoms with E-state index >= 15 is 0 Å². The number of aromatic nitrogens is 2. The Morgan fingerprint density at radius 1 is 1.00 bits per heavy atom. The smallest absolute Gasteiger partial charge is 0.154 e. The van der Waals surface area contributed by atoms with Gasteiger partial charge in [0.05, 0.1) is 12.6 Å². The molecular formula is C17H13ClN2O. The molecule has 0 spiro atoms. The minimum Gasteiger partial charge on any atom is -0.497 e. The molecule has 2 aromatic carbocycles. The average molecular weight is 297 g/mol. The first-order valence-electron chi connectivity index (χ1n) is 6.51. The van der Waals surface area contributed by atoms with Gasteiger partial charge in [-0.1, -0.05) is 41.9 Å². The molecule has 3 aromatic rings. The summed E-state index contributed by atoms with van der Waals surface area (Å²) in [5, 5.41) is 1.32. The molecule has 0 unspecified atom stereocenters. The second-order valence-electron chi connectivity index (χ2n) is 4.50. The summed E-state index contributed by atoms with van der Waals surface area (Å²) in [7, 11) is 1.65. The molecule has 0 saturated heterocycles. The van der Waals surface area contributed by atoms with Crippen LogP contribution in [0.3, 0.4) is 0 Å². The molecule has 0 N–H and O–H groups in total. The second-order valence-corrected chi connectivity index (χ2v) is 4.86. The summed E-state index contributed by atoms with van der Waals surface area (Å²) in [4.78, 5) is 8.78. The number of methoxy groups -OCH3 is 1. The van der Waals surface area contributed by atoms with Crippen LogP contribution in [0.1, 0.15) is 11.4 Å². The lowest BCUT2D eigenvalue weighted by molar-refractivity contribution is 0.414. The van der Waals surface area contributed by atoms with Gasteiger partial charge < -0.3 is 4.74 Å². The molecule has 0 fully saturated rings. The van der Waals surface area contributed by atoms with Gasteiger partial charge in [-0.2, -0.15) is 0 Å². The van der Waals surface area contributed by atoms with Crippen LogP contribution >= 0.6 is 11.6 Å². The number of nitrogens with zero attached hydrogens (tertiary/aromatic N) is 2. The maximum atomic E-state index is 6.19. The van der Waals surface area contributed by atoms with Crippen LogP contribution in [0.2, 0.25) is 5.15 Å². The normalized spacial score (nSPS) is 11.1. The van der Waals surface area contributed by atoms with Crippen LogP contribution in [-0.2, 0) is 0 Å². The summed E-state index contributed by atoms with van der Waals surface area (Å²) in [5.41, 5.74) is 1.85. The lowest BCUT2D eigenvalue weighted by Crippen LogP contribution is -1.90. The molecule has 3 nitrogen and oxygen atoms in total. The number of hydrogen-bond donors (Lipinski definition) is 0. The van der Waals surface area contributed by atoms with Crippen LogP contribution in [0.25, 0.3) is 23.1 Å². The summed E-state index contributed by atoms with van der Waals surface area (Å²) >= 11 is 6.19. The molecule has 0 amide bonds. The monoisotopic (exact) mass is 296 g/mol. The fraction of sp³-hybridized carbons (Fsp3) is 0.0588. The van der Waals surface area contributed by atoms with Crippen molar-refractivity contribution in [3.05, 3.63) is 65.1 Å². The van der Waals surface area contributed by atoms with E-state index in [9.17, 15) is 0 Å². The van der Waals surface area contributed by atoms with Crippen molar-refractivity contribution in [2.75, 3.05) is 7.11 Å². The van der Waals surface area contributed by atoms with Gasteiger partial charge in [-0.15, -0.1) is 0 Å². The Labute approximate surface area is 127 Å². The summed E-state index contributed by atoms with van der Waals surface area (Å²) < 4.78 is 5.20. The molecule has 0 aliphatic rings. The van der Waals surface area contributed by atoms with Gasteiger partial charge in [-0.25, -0.2) is 9.97 Å². The molecule has 0 radical (unpaired) electrons. The van der Waals surface area contributed by atoms with Crippen molar-refractivity contribution < 1.29 is 4.74 Å². The molecule has 0 atom stereocenters. The number of ether oxygens (including phenoxy) is 1. The highest BCUT2D eigenvalue weighted by atomic mass is 35.5. The van der Waals surface area contributed by atoms with Gasteiger partial charge in [0, 0.05) is 5.39 Å². The maximum Gasteiger partial charge on any atom is 0.154 e. The van der Waals surface area contributed by atoms with E-state index in [4.69, 9.17) is 16.3 Å². The van der Waals surface area contributed by atoms with Crippen molar-refractivity contribution in [2.24, 2.45) is 0 Å². The Kier molecular flexibility index (Phi) is 3.84. The first kappa shape index (κ1) is 13.6. The Morgan fingerprint density at radius 2 is 1.86 bits per heavy atom. The van der Waals surface area contributed by atoms with E-state index in [1.807, 2.05) is 60.7 Å². The number of fused-ring (bicyclic) bond motifs is 1. The minimum absolute atomic E-state index is 0.464. The largest absolute Gasteiger partial charge is 0.497 e. The number of rotatable bonds is 3. The summed E-state index contributed by atoms with van der Waals surface area (Å²) in [6, 6.07) is 15.5. The SMILES string of the molecule is COc1cccc(/C=C/c2nc(Cl)c3ccccc3n2)c1. The van der Waals surface area contributed by atoms with Crippen molar-refractivity contribution in [2.45, 2.75) is 0 Å². The summed E-state index contributed by atoms with van der Waals surface area (Å²) in [6.07, 6.45) is 3.77. The fourth-order valence-electron chi connectivity index (χ4n) is 2.05. The van der Waals surface area contributed by atoms with Crippen LogP contribution in [0.15, 0.2) is 48.5 Å². The molecule has 0 aliphatic carbocycles. The van der Waals surface area contributed by atoms with E-state index in [0.29, 0.717) is 11.0 Å². The van der Waals surface area contributed by atoms with Gasteiger partial charge in [0.1, 0.15) is 10.9 Å². The van der Waals surface area contributed by atoms with E-state index < -0.39 is 0 Å². The molecule has 0 aliphatic heterocycles. The lowest BCUT2D eigenvalue weighted by atomic mass is 10.2. The van der Waals surface area contributed by atoms with Crippen molar-refractivity contribution in [1.82, 2.24) is 9.97 Å². The molecule has 3 rings (SSSR count). The Hall–Kier alpha value is -2.39. The summed E-state index contributed by atoms with van der Waals surface area (Å²) in [5.74, 6) is 1.40. The van der Waals surface area contributed by atoms with Crippen molar-refractivity contribution in [3.8, 4) is 5.75 Å². The van der Waals surface area contributed by atoms with Crippen molar-refractivity contribution in [3.63, 3.8) is 0 Å². The van der Waals surface area contributed by atoms with E-state index in [2.05, 4.69) is 9.97 Å². The predicted octanol–water partition coefficient (Wildman–Crippen LogP) is 4.46. The number of halogens is 1.